The molecule has 0 saturated carbocycles. The van der Waals surface area contributed by atoms with Crippen molar-refractivity contribution in [2.45, 2.75) is 70.6 Å². The van der Waals surface area contributed by atoms with Crippen LogP contribution >= 0.6 is 0 Å². The van der Waals surface area contributed by atoms with Crippen LogP contribution in [0.25, 0.3) is 0 Å². The number of nitrogens with two attached hydrogens (primary N) is 1. The number of likely N-dealkylation sites (tertiary alicyclic amines) is 2. The molecule has 4 atom stereocenters. The van der Waals surface area contributed by atoms with Gasteiger partial charge < -0.3 is 26.0 Å². The van der Waals surface area contributed by atoms with Crippen LogP contribution in [-0.2, 0) is 19.2 Å². The smallest absolute Gasteiger partial charge is 0.326 e. The molecule has 4 unspecified atom stereocenters. The molecule has 2 rings (SSSR count). The molecule has 0 aromatic heterocycles. The molecule has 9 nitrogen and oxygen atoms in total. The fraction of sp³-hybridized carbons (Fsp3) is 0.778. The number of nitrogens with one attached hydrogen (secondary N) is 1. The topological polar surface area (TPSA) is 133 Å². The van der Waals surface area contributed by atoms with Gasteiger partial charge in [0, 0.05) is 13.1 Å². The molecule has 3 amide bonds. The number of rotatable bonds is 6. The van der Waals surface area contributed by atoms with Crippen LogP contribution < -0.4 is 11.1 Å². The van der Waals surface area contributed by atoms with E-state index in [-0.39, 0.29) is 23.6 Å². The number of hydrogen-bond donors (Lipinski definition) is 3. The fourth-order valence-corrected chi connectivity index (χ4v) is 3.79. The summed E-state index contributed by atoms with van der Waals surface area (Å²) in [4.78, 5) is 52.1. The van der Waals surface area contributed by atoms with E-state index >= 15 is 0 Å². The highest BCUT2D eigenvalue weighted by Gasteiger charge is 2.41. The van der Waals surface area contributed by atoms with E-state index in [1.165, 1.54) is 9.80 Å². The van der Waals surface area contributed by atoms with E-state index in [1.54, 1.807) is 20.8 Å². The molecule has 2 aliphatic rings. The van der Waals surface area contributed by atoms with E-state index in [2.05, 4.69) is 5.32 Å². The third kappa shape index (κ3) is 4.58. The molecule has 2 heterocycles. The zero-order chi connectivity index (χ0) is 20.3. The lowest BCUT2D eigenvalue weighted by molar-refractivity contribution is -0.150. The Hall–Kier alpha value is -2.16. The van der Waals surface area contributed by atoms with Crippen LogP contribution in [0.3, 0.4) is 0 Å². The average molecular weight is 382 g/mol. The highest BCUT2D eigenvalue weighted by molar-refractivity contribution is 5.94. The summed E-state index contributed by atoms with van der Waals surface area (Å²) in [5.74, 6) is -2.30. The van der Waals surface area contributed by atoms with E-state index in [0.717, 1.165) is 0 Å². The summed E-state index contributed by atoms with van der Waals surface area (Å²) < 4.78 is 0. The lowest BCUT2D eigenvalue weighted by atomic mass is 10.0. The fourth-order valence-electron chi connectivity index (χ4n) is 3.79. The van der Waals surface area contributed by atoms with Gasteiger partial charge in [-0.3, -0.25) is 14.4 Å². The van der Waals surface area contributed by atoms with Crippen molar-refractivity contribution < 1.29 is 24.3 Å². The summed E-state index contributed by atoms with van der Waals surface area (Å²) in [5.41, 5.74) is 5.66. The summed E-state index contributed by atoms with van der Waals surface area (Å²) in [6.45, 7) is 6.01. The second kappa shape index (κ2) is 8.69. The first-order chi connectivity index (χ1) is 12.6. The first-order valence-corrected chi connectivity index (χ1v) is 9.54. The molecule has 2 fully saturated rings. The molecule has 0 spiro atoms. The number of aliphatic carboxylic acids is 1. The number of nitrogens with zero attached hydrogens (tertiary/aromatic N) is 2. The predicted octanol–water partition coefficient (Wildman–Crippen LogP) is -0.459. The molecule has 152 valence electrons. The van der Waals surface area contributed by atoms with Crippen molar-refractivity contribution in [1.29, 1.82) is 0 Å². The van der Waals surface area contributed by atoms with Crippen LogP contribution in [0.15, 0.2) is 0 Å². The minimum absolute atomic E-state index is 0.213. The molecule has 0 aliphatic carbocycles. The Balaban J connectivity index is 2.11. The number of carboxylic acids is 1. The van der Waals surface area contributed by atoms with E-state index in [9.17, 15) is 24.3 Å². The van der Waals surface area contributed by atoms with Crippen LogP contribution in [0.1, 0.15) is 46.5 Å². The Morgan fingerprint density at radius 1 is 0.963 bits per heavy atom. The lowest BCUT2D eigenvalue weighted by Gasteiger charge is -2.31. The second-order valence-corrected chi connectivity index (χ2v) is 7.74. The Kier molecular flexibility index (Phi) is 6.80. The quantitative estimate of drug-likeness (QED) is 0.569. The van der Waals surface area contributed by atoms with Gasteiger partial charge in [-0.15, -0.1) is 0 Å². The normalized spacial score (nSPS) is 24.8. The maximum Gasteiger partial charge on any atom is 0.326 e. The van der Waals surface area contributed by atoms with Gasteiger partial charge in [-0.1, -0.05) is 13.8 Å². The third-order valence-corrected chi connectivity index (χ3v) is 5.28. The van der Waals surface area contributed by atoms with Crippen LogP contribution in [0.5, 0.6) is 0 Å². The highest BCUT2D eigenvalue weighted by atomic mass is 16.4. The number of carbonyl (C=O) groups excluding carboxylic acids is 3. The molecule has 2 saturated heterocycles. The van der Waals surface area contributed by atoms with Gasteiger partial charge in [0.25, 0.3) is 0 Å². The SMILES string of the molecule is CC(N)C(=O)N1CCCC1C(=O)NC(C(=O)N1CCCC1C(=O)O)C(C)C. The van der Waals surface area contributed by atoms with Crippen LogP contribution in [-0.4, -0.2) is 75.9 Å². The Labute approximate surface area is 159 Å². The molecular weight excluding hydrogens is 352 g/mol. The average Bonchev–Trinajstić information content (AvgIpc) is 3.26. The molecule has 0 aromatic carbocycles. The van der Waals surface area contributed by atoms with Crippen molar-refractivity contribution in [3.8, 4) is 0 Å². The van der Waals surface area contributed by atoms with Crippen LogP contribution in [0.2, 0.25) is 0 Å². The van der Waals surface area contributed by atoms with Crippen molar-refractivity contribution in [3.05, 3.63) is 0 Å². The Morgan fingerprint density at radius 2 is 1.48 bits per heavy atom. The molecule has 0 aromatic rings. The monoisotopic (exact) mass is 382 g/mol. The van der Waals surface area contributed by atoms with Crippen molar-refractivity contribution in [2.75, 3.05) is 13.1 Å². The summed E-state index contributed by atoms with van der Waals surface area (Å²) in [6.07, 6.45) is 2.26. The first kappa shape index (κ1) is 21.1. The summed E-state index contributed by atoms with van der Waals surface area (Å²) >= 11 is 0. The lowest BCUT2D eigenvalue weighted by Crippen LogP contribution is -2.57. The number of amides is 3. The van der Waals surface area contributed by atoms with Gasteiger partial charge >= 0.3 is 5.97 Å². The first-order valence-electron chi connectivity index (χ1n) is 9.54. The van der Waals surface area contributed by atoms with E-state index in [0.29, 0.717) is 38.8 Å². The van der Waals surface area contributed by atoms with Gasteiger partial charge in [-0.05, 0) is 38.5 Å². The van der Waals surface area contributed by atoms with E-state index < -0.39 is 30.1 Å². The van der Waals surface area contributed by atoms with Gasteiger partial charge in [0.05, 0.1) is 6.04 Å². The van der Waals surface area contributed by atoms with Crippen molar-refractivity contribution in [1.82, 2.24) is 15.1 Å². The molecule has 0 bridgehead atoms. The molecular formula is C18H30N4O5. The minimum atomic E-state index is -1.03. The van der Waals surface area contributed by atoms with Gasteiger partial charge in [0.1, 0.15) is 18.1 Å². The Morgan fingerprint density at radius 3 is 1.96 bits per heavy atom. The predicted molar refractivity (Wildman–Crippen MR) is 97.5 cm³/mol. The molecule has 4 N–H and O–H groups in total. The number of carbonyl (C=O) groups is 4. The number of carboxylic acid groups (broad SMARTS) is 1. The van der Waals surface area contributed by atoms with Crippen molar-refractivity contribution >= 4 is 23.7 Å². The molecule has 27 heavy (non-hydrogen) atoms. The largest absolute Gasteiger partial charge is 0.480 e. The summed E-state index contributed by atoms with van der Waals surface area (Å²) in [6, 6.07) is -3.02. The molecule has 2 aliphatic heterocycles. The zero-order valence-electron chi connectivity index (χ0n) is 16.2. The van der Waals surface area contributed by atoms with Gasteiger partial charge in [0.15, 0.2) is 0 Å². The third-order valence-electron chi connectivity index (χ3n) is 5.28. The highest BCUT2D eigenvalue weighted by Crippen LogP contribution is 2.22. The van der Waals surface area contributed by atoms with Gasteiger partial charge in [0.2, 0.25) is 17.7 Å². The van der Waals surface area contributed by atoms with Gasteiger partial charge in [-0.25, -0.2) is 4.79 Å². The summed E-state index contributed by atoms with van der Waals surface area (Å²) in [5, 5.41) is 12.1. The maximum absolute atomic E-state index is 12.9. The van der Waals surface area contributed by atoms with E-state index in [1.807, 2.05) is 0 Å². The maximum atomic E-state index is 12.9. The molecule has 9 heteroatoms. The second-order valence-electron chi connectivity index (χ2n) is 7.74. The number of hydrogen-bond acceptors (Lipinski definition) is 5. The minimum Gasteiger partial charge on any atom is -0.480 e. The van der Waals surface area contributed by atoms with Crippen LogP contribution in [0, 0.1) is 5.92 Å². The van der Waals surface area contributed by atoms with Crippen molar-refractivity contribution in [2.24, 2.45) is 11.7 Å². The van der Waals surface area contributed by atoms with Gasteiger partial charge in [-0.2, -0.15) is 0 Å². The standard InChI is InChI=1S/C18H30N4O5/c1-10(2)14(17(25)22-9-5-7-13(22)18(26)27)20-15(23)12-6-4-8-21(12)16(24)11(3)19/h10-14H,4-9,19H2,1-3H3,(H,20,23)(H,26,27). The molecule has 0 radical (unpaired) electrons. The summed E-state index contributed by atoms with van der Waals surface area (Å²) in [7, 11) is 0. The van der Waals surface area contributed by atoms with Crippen molar-refractivity contribution in [3.63, 3.8) is 0 Å². The van der Waals surface area contributed by atoms with E-state index in [4.69, 9.17) is 5.73 Å². The Bertz CT molecular complexity index is 607. The van der Waals surface area contributed by atoms with Crippen LogP contribution in [0.4, 0.5) is 0 Å². The zero-order valence-corrected chi connectivity index (χ0v) is 16.2.